The van der Waals surface area contributed by atoms with Gasteiger partial charge >= 0.3 is 0 Å². The lowest BCUT2D eigenvalue weighted by Gasteiger charge is -2.25. The van der Waals surface area contributed by atoms with E-state index in [1.807, 2.05) is 0 Å². The van der Waals surface area contributed by atoms with E-state index >= 15 is 0 Å². The lowest BCUT2D eigenvalue weighted by Crippen LogP contribution is -2.37. The molecule has 0 saturated heterocycles. The maximum Gasteiger partial charge on any atom is 0.0967 e. The van der Waals surface area contributed by atoms with Crippen LogP contribution < -0.4 is 5.32 Å². The summed E-state index contributed by atoms with van der Waals surface area (Å²) in [6.45, 7) is 8.68. The van der Waals surface area contributed by atoms with Crippen molar-refractivity contribution in [2.45, 2.75) is 58.2 Å². The zero-order chi connectivity index (χ0) is 11.3. The second kappa shape index (κ2) is 6.09. The molecule has 0 amide bonds. The van der Waals surface area contributed by atoms with Crippen molar-refractivity contribution in [3.05, 3.63) is 0 Å². The maximum absolute atomic E-state index is 9.00. The van der Waals surface area contributed by atoms with Crippen LogP contribution >= 0.6 is 0 Å². The van der Waals surface area contributed by atoms with E-state index in [9.17, 15) is 0 Å². The highest BCUT2D eigenvalue weighted by molar-refractivity contribution is 4.96. The molecule has 3 heteroatoms. The summed E-state index contributed by atoms with van der Waals surface area (Å²) < 4.78 is 0. The Morgan fingerprint density at radius 2 is 2.13 bits per heavy atom. The Balaban J connectivity index is 2.22. The van der Waals surface area contributed by atoms with Crippen molar-refractivity contribution >= 4 is 0 Å². The van der Waals surface area contributed by atoms with Gasteiger partial charge in [-0.25, -0.2) is 0 Å². The average Bonchev–Trinajstić information content (AvgIpc) is 3.00. The van der Waals surface area contributed by atoms with E-state index in [0.29, 0.717) is 12.1 Å². The van der Waals surface area contributed by atoms with Gasteiger partial charge in [-0.2, -0.15) is 5.26 Å². The first kappa shape index (κ1) is 12.5. The molecule has 1 aliphatic rings. The van der Waals surface area contributed by atoms with Gasteiger partial charge in [0.1, 0.15) is 0 Å². The fourth-order valence-corrected chi connectivity index (χ4v) is 1.80. The molecule has 1 unspecified atom stereocenters. The molecular formula is C12H23N3. The monoisotopic (exact) mass is 209 g/mol. The minimum absolute atomic E-state index is 0.0466. The molecule has 1 rings (SSSR count). The molecule has 86 valence electrons. The van der Waals surface area contributed by atoms with Gasteiger partial charge in [0.05, 0.1) is 12.1 Å². The van der Waals surface area contributed by atoms with Crippen LogP contribution in [0.4, 0.5) is 0 Å². The molecule has 0 aromatic heterocycles. The number of hydrogen-bond donors (Lipinski definition) is 1. The normalized spacial score (nSPS) is 18.1. The largest absolute Gasteiger partial charge is 0.301 e. The first-order chi connectivity index (χ1) is 7.17. The Morgan fingerprint density at radius 1 is 1.47 bits per heavy atom. The Morgan fingerprint density at radius 3 is 2.53 bits per heavy atom. The SMILES string of the molecule is CCN(CCC(C#N)NC1CC1)C(C)C. The molecule has 0 radical (unpaired) electrons. The zero-order valence-corrected chi connectivity index (χ0v) is 10.2. The summed E-state index contributed by atoms with van der Waals surface area (Å²) in [6, 6.07) is 3.61. The lowest BCUT2D eigenvalue weighted by atomic mass is 10.2. The molecule has 0 bridgehead atoms. The molecule has 15 heavy (non-hydrogen) atoms. The molecule has 1 N–H and O–H groups in total. The van der Waals surface area contributed by atoms with E-state index in [-0.39, 0.29) is 6.04 Å². The quantitative estimate of drug-likeness (QED) is 0.694. The van der Waals surface area contributed by atoms with Gasteiger partial charge in [0.25, 0.3) is 0 Å². The molecular weight excluding hydrogens is 186 g/mol. The van der Waals surface area contributed by atoms with Gasteiger partial charge in [0.15, 0.2) is 0 Å². The van der Waals surface area contributed by atoms with Crippen LogP contribution in [-0.4, -0.2) is 36.1 Å². The van der Waals surface area contributed by atoms with Gasteiger partial charge < -0.3 is 4.90 Å². The molecule has 1 atom stereocenters. The van der Waals surface area contributed by atoms with Crippen molar-refractivity contribution in [2.75, 3.05) is 13.1 Å². The Kier molecular flexibility index (Phi) is 5.07. The minimum atomic E-state index is 0.0466. The summed E-state index contributed by atoms with van der Waals surface area (Å²) in [4.78, 5) is 2.40. The van der Waals surface area contributed by atoms with E-state index < -0.39 is 0 Å². The topological polar surface area (TPSA) is 39.1 Å². The van der Waals surface area contributed by atoms with Gasteiger partial charge in [-0.1, -0.05) is 6.92 Å². The summed E-state index contributed by atoms with van der Waals surface area (Å²) in [5.74, 6) is 0. The third kappa shape index (κ3) is 4.63. The molecule has 0 aromatic carbocycles. The summed E-state index contributed by atoms with van der Waals surface area (Å²) in [6.07, 6.45) is 3.44. The maximum atomic E-state index is 9.00. The lowest BCUT2D eigenvalue weighted by molar-refractivity contribution is 0.225. The third-order valence-electron chi connectivity index (χ3n) is 3.01. The predicted molar refractivity (Wildman–Crippen MR) is 62.6 cm³/mol. The van der Waals surface area contributed by atoms with Crippen LogP contribution in [0.15, 0.2) is 0 Å². The van der Waals surface area contributed by atoms with Crippen LogP contribution in [0.5, 0.6) is 0 Å². The highest BCUT2D eigenvalue weighted by atomic mass is 15.1. The van der Waals surface area contributed by atoms with Crippen LogP contribution in [0.25, 0.3) is 0 Å². The minimum Gasteiger partial charge on any atom is -0.301 e. The van der Waals surface area contributed by atoms with E-state index in [4.69, 9.17) is 5.26 Å². The van der Waals surface area contributed by atoms with Crippen molar-refractivity contribution in [3.8, 4) is 6.07 Å². The molecule has 0 aromatic rings. The molecule has 1 saturated carbocycles. The Labute approximate surface area is 93.5 Å². The van der Waals surface area contributed by atoms with Crippen molar-refractivity contribution < 1.29 is 0 Å². The fraction of sp³-hybridized carbons (Fsp3) is 0.917. The van der Waals surface area contributed by atoms with Crippen LogP contribution in [0.1, 0.15) is 40.0 Å². The molecule has 1 fully saturated rings. The van der Waals surface area contributed by atoms with Gasteiger partial charge in [-0.3, -0.25) is 5.32 Å². The van der Waals surface area contributed by atoms with E-state index in [2.05, 4.69) is 37.1 Å². The molecule has 0 aliphatic heterocycles. The smallest absolute Gasteiger partial charge is 0.0967 e. The zero-order valence-electron chi connectivity index (χ0n) is 10.2. The van der Waals surface area contributed by atoms with Gasteiger partial charge in [0.2, 0.25) is 0 Å². The van der Waals surface area contributed by atoms with Crippen LogP contribution in [0.2, 0.25) is 0 Å². The average molecular weight is 209 g/mol. The van der Waals surface area contributed by atoms with Gasteiger partial charge in [-0.15, -0.1) is 0 Å². The molecule has 0 heterocycles. The summed E-state index contributed by atoms with van der Waals surface area (Å²) >= 11 is 0. The number of nitrogens with one attached hydrogen (secondary N) is 1. The molecule has 3 nitrogen and oxygen atoms in total. The number of nitriles is 1. The van der Waals surface area contributed by atoms with Gasteiger partial charge in [0, 0.05) is 18.6 Å². The standard InChI is InChI=1S/C12H23N3/c1-4-15(10(2)3)8-7-12(9-13)14-11-5-6-11/h10-12,14H,4-8H2,1-3H3. The van der Waals surface area contributed by atoms with E-state index in [1.165, 1.54) is 12.8 Å². The third-order valence-corrected chi connectivity index (χ3v) is 3.01. The number of rotatable bonds is 7. The van der Waals surface area contributed by atoms with Crippen molar-refractivity contribution in [3.63, 3.8) is 0 Å². The van der Waals surface area contributed by atoms with E-state index in [1.54, 1.807) is 0 Å². The molecule has 1 aliphatic carbocycles. The first-order valence-corrected chi connectivity index (χ1v) is 6.07. The fourth-order valence-electron chi connectivity index (χ4n) is 1.80. The second-order valence-corrected chi connectivity index (χ2v) is 4.63. The van der Waals surface area contributed by atoms with Crippen molar-refractivity contribution in [2.24, 2.45) is 0 Å². The number of nitrogens with zero attached hydrogens (tertiary/aromatic N) is 2. The Hall–Kier alpha value is -0.590. The Bertz CT molecular complexity index is 215. The summed E-state index contributed by atoms with van der Waals surface area (Å²) in [5.41, 5.74) is 0. The summed E-state index contributed by atoms with van der Waals surface area (Å²) in [5, 5.41) is 12.4. The van der Waals surface area contributed by atoms with Crippen LogP contribution in [-0.2, 0) is 0 Å². The highest BCUT2D eigenvalue weighted by Crippen LogP contribution is 2.19. The van der Waals surface area contributed by atoms with Crippen molar-refractivity contribution in [1.29, 1.82) is 5.26 Å². The summed E-state index contributed by atoms with van der Waals surface area (Å²) in [7, 11) is 0. The highest BCUT2D eigenvalue weighted by Gasteiger charge is 2.24. The van der Waals surface area contributed by atoms with Crippen LogP contribution in [0.3, 0.4) is 0 Å². The second-order valence-electron chi connectivity index (χ2n) is 4.63. The predicted octanol–water partition coefficient (Wildman–Crippen LogP) is 1.75. The van der Waals surface area contributed by atoms with Gasteiger partial charge in [-0.05, 0) is 39.7 Å². The van der Waals surface area contributed by atoms with Crippen molar-refractivity contribution in [1.82, 2.24) is 10.2 Å². The number of hydrogen-bond acceptors (Lipinski definition) is 3. The van der Waals surface area contributed by atoms with E-state index in [0.717, 1.165) is 19.5 Å². The molecule has 0 spiro atoms. The first-order valence-electron chi connectivity index (χ1n) is 6.07. The van der Waals surface area contributed by atoms with Crippen LogP contribution in [0, 0.1) is 11.3 Å².